The standard InChI is InChI=1S/C24H29N5O5/c1-24(2,3)34-23(31)27-20(22(25)30)13-17-11-12-29(28-17)21-10-9-19(14-26-21)33-15-16-5-7-18(32-4)8-6-16/h5-12,14,20H,13,15H2,1-4H3,(H2,25,30)(H,27,31). The fraction of sp³-hybridized carbons (Fsp3) is 0.333. The van der Waals surface area contributed by atoms with Gasteiger partial charge in [-0.15, -0.1) is 0 Å². The summed E-state index contributed by atoms with van der Waals surface area (Å²) in [5.41, 5.74) is 6.31. The second kappa shape index (κ2) is 10.7. The number of alkyl carbamates (subject to hydrolysis) is 1. The van der Waals surface area contributed by atoms with Crippen LogP contribution in [0.1, 0.15) is 32.0 Å². The molecule has 1 unspecified atom stereocenters. The van der Waals surface area contributed by atoms with Crippen LogP contribution in [0.2, 0.25) is 0 Å². The van der Waals surface area contributed by atoms with Gasteiger partial charge in [0.15, 0.2) is 5.82 Å². The van der Waals surface area contributed by atoms with E-state index in [0.29, 0.717) is 23.9 Å². The van der Waals surface area contributed by atoms with E-state index in [0.717, 1.165) is 11.3 Å². The number of primary amides is 1. The van der Waals surface area contributed by atoms with Crippen LogP contribution < -0.4 is 20.5 Å². The minimum absolute atomic E-state index is 0.116. The van der Waals surface area contributed by atoms with E-state index in [4.69, 9.17) is 19.9 Å². The van der Waals surface area contributed by atoms with Gasteiger partial charge in [-0.25, -0.2) is 14.5 Å². The third kappa shape index (κ3) is 7.22. The largest absolute Gasteiger partial charge is 0.497 e. The first-order chi connectivity index (χ1) is 16.1. The van der Waals surface area contributed by atoms with Crippen molar-refractivity contribution >= 4 is 12.0 Å². The summed E-state index contributed by atoms with van der Waals surface area (Å²) in [7, 11) is 1.62. The lowest BCUT2D eigenvalue weighted by Crippen LogP contribution is -2.47. The van der Waals surface area contributed by atoms with E-state index in [1.54, 1.807) is 63.2 Å². The van der Waals surface area contributed by atoms with Crippen LogP contribution in [0, 0.1) is 0 Å². The van der Waals surface area contributed by atoms with Gasteiger partial charge in [-0.2, -0.15) is 5.10 Å². The first-order valence-corrected chi connectivity index (χ1v) is 10.7. The Bertz CT molecular complexity index is 1100. The summed E-state index contributed by atoms with van der Waals surface area (Å²) in [6.45, 7) is 5.60. The number of rotatable bonds is 9. The molecule has 1 aromatic carbocycles. The highest BCUT2D eigenvalue weighted by molar-refractivity contribution is 5.84. The minimum Gasteiger partial charge on any atom is -0.497 e. The van der Waals surface area contributed by atoms with Gasteiger partial charge in [0.1, 0.15) is 29.7 Å². The van der Waals surface area contributed by atoms with Crippen molar-refractivity contribution in [2.75, 3.05) is 7.11 Å². The number of carbonyl (C=O) groups excluding carboxylic acids is 2. The van der Waals surface area contributed by atoms with Crippen molar-refractivity contribution in [2.24, 2.45) is 5.73 Å². The van der Waals surface area contributed by atoms with Crippen molar-refractivity contribution in [2.45, 2.75) is 45.4 Å². The molecule has 3 N–H and O–H groups in total. The van der Waals surface area contributed by atoms with Gasteiger partial charge in [0.25, 0.3) is 0 Å². The van der Waals surface area contributed by atoms with Gasteiger partial charge >= 0.3 is 6.09 Å². The van der Waals surface area contributed by atoms with Crippen molar-refractivity contribution in [1.29, 1.82) is 0 Å². The van der Waals surface area contributed by atoms with Gasteiger partial charge in [-0.3, -0.25) is 4.79 Å². The molecule has 0 saturated heterocycles. The van der Waals surface area contributed by atoms with Crippen LogP contribution in [0.15, 0.2) is 54.9 Å². The SMILES string of the molecule is COc1ccc(COc2ccc(-n3ccc(CC(NC(=O)OC(C)(C)C)C(N)=O)n3)nc2)cc1. The number of carbonyl (C=O) groups is 2. The Morgan fingerprint density at radius 2 is 1.79 bits per heavy atom. The molecule has 0 aliphatic heterocycles. The molecule has 10 nitrogen and oxygen atoms in total. The number of nitrogens with two attached hydrogens (primary N) is 1. The van der Waals surface area contributed by atoms with Crippen molar-refractivity contribution in [1.82, 2.24) is 20.1 Å². The van der Waals surface area contributed by atoms with Gasteiger partial charge in [0.05, 0.1) is 19.0 Å². The lowest BCUT2D eigenvalue weighted by molar-refractivity contribution is -0.120. The fourth-order valence-electron chi connectivity index (χ4n) is 2.96. The molecule has 1 atom stereocenters. The molecule has 0 spiro atoms. The first-order valence-electron chi connectivity index (χ1n) is 10.7. The van der Waals surface area contributed by atoms with Crippen LogP contribution in [0.25, 0.3) is 5.82 Å². The molecule has 180 valence electrons. The van der Waals surface area contributed by atoms with E-state index in [1.807, 2.05) is 24.3 Å². The van der Waals surface area contributed by atoms with E-state index in [1.165, 1.54) is 0 Å². The highest BCUT2D eigenvalue weighted by Gasteiger charge is 2.23. The molecule has 0 aliphatic carbocycles. The van der Waals surface area contributed by atoms with Crippen molar-refractivity contribution < 1.29 is 23.8 Å². The van der Waals surface area contributed by atoms with Crippen molar-refractivity contribution in [3.8, 4) is 17.3 Å². The number of ether oxygens (including phenoxy) is 3. The maximum absolute atomic E-state index is 12.0. The third-order valence-electron chi connectivity index (χ3n) is 4.61. The van der Waals surface area contributed by atoms with Gasteiger partial charge in [0.2, 0.25) is 5.91 Å². The lowest BCUT2D eigenvalue weighted by atomic mass is 10.1. The predicted molar refractivity (Wildman–Crippen MR) is 125 cm³/mol. The van der Waals surface area contributed by atoms with E-state index in [2.05, 4.69) is 15.4 Å². The average Bonchev–Trinajstić information content (AvgIpc) is 3.25. The predicted octanol–water partition coefficient (Wildman–Crippen LogP) is 2.78. The molecule has 10 heteroatoms. The zero-order chi connectivity index (χ0) is 24.7. The Morgan fingerprint density at radius 1 is 1.09 bits per heavy atom. The second-order valence-corrected chi connectivity index (χ2v) is 8.55. The molecule has 0 bridgehead atoms. The van der Waals surface area contributed by atoms with Crippen LogP contribution in [0.4, 0.5) is 4.79 Å². The normalized spacial score (nSPS) is 12.0. The summed E-state index contributed by atoms with van der Waals surface area (Å²) >= 11 is 0. The molecule has 3 aromatic rings. The molecular formula is C24H29N5O5. The van der Waals surface area contributed by atoms with Gasteiger partial charge in [-0.05, 0) is 56.7 Å². The van der Waals surface area contributed by atoms with Gasteiger partial charge in [0, 0.05) is 12.6 Å². The van der Waals surface area contributed by atoms with Crippen LogP contribution in [0.5, 0.6) is 11.5 Å². The van der Waals surface area contributed by atoms with Crippen LogP contribution in [0.3, 0.4) is 0 Å². The summed E-state index contributed by atoms with van der Waals surface area (Å²) in [5.74, 6) is 1.29. The third-order valence-corrected chi connectivity index (χ3v) is 4.61. The number of hydrogen-bond donors (Lipinski definition) is 2. The minimum atomic E-state index is -0.958. The van der Waals surface area contributed by atoms with E-state index >= 15 is 0 Å². The summed E-state index contributed by atoms with van der Waals surface area (Å²) in [6.07, 6.45) is 2.71. The van der Waals surface area contributed by atoms with E-state index in [9.17, 15) is 9.59 Å². The van der Waals surface area contributed by atoms with Gasteiger partial charge < -0.3 is 25.3 Å². The maximum Gasteiger partial charge on any atom is 0.408 e. The van der Waals surface area contributed by atoms with Crippen LogP contribution in [-0.4, -0.2) is 45.5 Å². The first kappa shape index (κ1) is 24.6. The second-order valence-electron chi connectivity index (χ2n) is 8.55. The maximum atomic E-state index is 12.0. The van der Waals surface area contributed by atoms with Crippen LogP contribution in [-0.2, 0) is 22.6 Å². The highest BCUT2D eigenvalue weighted by atomic mass is 16.6. The molecule has 34 heavy (non-hydrogen) atoms. The fourth-order valence-corrected chi connectivity index (χ4v) is 2.96. The number of pyridine rings is 1. The summed E-state index contributed by atoms with van der Waals surface area (Å²) in [5, 5.41) is 6.91. The smallest absolute Gasteiger partial charge is 0.408 e. The quantitative estimate of drug-likeness (QED) is 0.495. The zero-order valence-corrected chi connectivity index (χ0v) is 19.6. The molecule has 2 amide bonds. The summed E-state index contributed by atoms with van der Waals surface area (Å²) < 4.78 is 17.7. The molecule has 2 heterocycles. The van der Waals surface area contributed by atoms with Crippen LogP contribution >= 0.6 is 0 Å². The summed E-state index contributed by atoms with van der Waals surface area (Å²) in [6, 6.07) is 11.9. The van der Waals surface area contributed by atoms with Gasteiger partial charge in [-0.1, -0.05) is 12.1 Å². The zero-order valence-electron chi connectivity index (χ0n) is 19.6. The number of aromatic nitrogens is 3. The van der Waals surface area contributed by atoms with Crippen molar-refractivity contribution in [3.63, 3.8) is 0 Å². The number of nitrogens with zero attached hydrogens (tertiary/aromatic N) is 3. The molecular weight excluding hydrogens is 438 g/mol. The number of hydrogen-bond acceptors (Lipinski definition) is 7. The van der Waals surface area contributed by atoms with E-state index in [-0.39, 0.29) is 6.42 Å². The molecule has 2 aromatic heterocycles. The number of methoxy groups -OCH3 is 1. The number of amides is 2. The Labute approximate surface area is 198 Å². The molecule has 0 fully saturated rings. The molecule has 0 saturated carbocycles. The average molecular weight is 468 g/mol. The Hall–Kier alpha value is -4.08. The lowest BCUT2D eigenvalue weighted by Gasteiger charge is -2.22. The van der Waals surface area contributed by atoms with Crippen molar-refractivity contribution in [3.05, 3.63) is 66.1 Å². The Morgan fingerprint density at radius 3 is 2.38 bits per heavy atom. The number of benzene rings is 1. The monoisotopic (exact) mass is 467 g/mol. The summed E-state index contributed by atoms with van der Waals surface area (Å²) in [4.78, 5) is 28.2. The molecule has 0 radical (unpaired) electrons. The Balaban J connectivity index is 1.58. The topological polar surface area (TPSA) is 131 Å². The molecule has 0 aliphatic rings. The number of nitrogens with one attached hydrogen (secondary N) is 1. The van der Waals surface area contributed by atoms with E-state index < -0.39 is 23.6 Å². The highest BCUT2D eigenvalue weighted by Crippen LogP contribution is 2.16. The molecule has 3 rings (SSSR count). The Kier molecular flexibility index (Phi) is 7.72.